The van der Waals surface area contributed by atoms with Gasteiger partial charge in [-0.2, -0.15) is 5.26 Å². The molecular weight excluding hydrogens is 246 g/mol. The van der Waals surface area contributed by atoms with Crippen molar-refractivity contribution in [3.05, 3.63) is 0 Å². The molecule has 1 radical (unpaired) electrons. The Kier molecular flexibility index (Phi) is 23.8. The first kappa shape index (κ1) is 8.88. The number of aliphatic hydroxyl groups is 1. The Hall–Kier alpha value is 0.212. The normalized spacial score (nSPS) is 1.75. The fraction of sp³-hybridized carbons (Fsp3) is 0. The first-order chi connectivity index (χ1) is 1.41. The summed E-state index contributed by atoms with van der Waals surface area (Å²) in [4.78, 5) is 0. The van der Waals surface area contributed by atoms with E-state index in [-0.39, 0.29) is 27.3 Å². The average molecular weight is 247 g/mol. The quantitative estimate of drug-likeness (QED) is 0.461. The van der Waals surface area contributed by atoms with Gasteiger partial charge < -0.3 is 5.11 Å². The second-order valence-corrected chi connectivity index (χ2v) is 0.100. The van der Waals surface area contributed by atoms with E-state index in [1.165, 1.54) is 0 Å². The summed E-state index contributed by atoms with van der Waals surface area (Å²) >= 11 is 0. The van der Waals surface area contributed by atoms with Crippen LogP contribution in [0.3, 0.4) is 0 Å². The minimum Gasteiger partial charge on any atom is -0.443 e. The summed E-state index contributed by atoms with van der Waals surface area (Å²) < 4.78 is 0. The van der Waals surface area contributed by atoms with Gasteiger partial charge in [-0.1, -0.05) is 0 Å². The molecule has 0 amide bonds. The number of nitriles is 1. The summed E-state index contributed by atoms with van der Waals surface area (Å²) in [5, 5.41) is 13.8. The minimum absolute atomic E-state index is 0. The summed E-state index contributed by atoms with van der Waals surface area (Å²) in [7, 11) is 0. The summed E-state index contributed by atoms with van der Waals surface area (Å²) in [6.45, 7) is 0. The van der Waals surface area contributed by atoms with Gasteiger partial charge in [0.1, 0.15) is 0 Å². The third-order valence-electron chi connectivity index (χ3n) is 0. The smallest absolute Gasteiger partial charge is 0.283 e. The summed E-state index contributed by atoms with van der Waals surface area (Å²) in [6, 6.07) is 0. The SMILES string of the molecule is N#CO.[Tl]. The van der Waals surface area contributed by atoms with E-state index in [0.717, 1.165) is 6.26 Å². The molecule has 3 heteroatoms. The van der Waals surface area contributed by atoms with Gasteiger partial charge in [-0.15, -0.1) is 0 Å². The van der Waals surface area contributed by atoms with Crippen molar-refractivity contribution in [2.24, 2.45) is 0 Å². The van der Waals surface area contributed by atoms with E-state index in [0.29, 0.717) is 0 Å². The third-order valence-corrected chi connectivity index (χ3v) is 0. The first-order valence-electron chi connectivity index (χ1n) is 0.447. The zero-order valence-electron chi connectivity index (χ0n) is 1.97. The molecule has 0 aliphatic carbocycles. The van der Waals surface area contributed by atoms with Crippen molar-refractivity contribution in [3.8, 4) is 6.26 Å². The van der Waals surface area contributed by atoms with Crippen LogP contribution in [0.1, 0.15) is 0 Å². The van der Waals surface area contributed by atoms with Gasteiger partial charge in [0.15, 0.2) is 0 Å². The molecule has 0 atom stereocenters. The molecule has 0 aliphatic rings. The Labute approximate surface area is 44.2 Å². The fourth-order valence-electron chi connectivity index (χ4n) is 0. The van der Waals surface area contributed by atoms with E-state index in [4.69, 9.17) is 10.4 Å². The maximum Gasteiger partial charge on any atom is 0.283 e. The van der Waals surface area contributed by atoms with E-state index < -0.39 is 0 Å². The van der Waals surface area contributed by atoms with Crippen molar-refractivity contribution >= 4 is 27.3 Å². The average Bonchev–Trinajstić information content (AvgIpc) is 0.918. The van der Waals surface area contributed by atoms with Crippen molar-refractivity contribution < 1.29 is 5.11 Å². The van der Waals surface area contributed by atoms with Gasteiger partial charge in [0.05, 0.1) is 0 Å². The van der Waals surface area contributed by atoms with Crippen LogP contribution in [0.15, 0.2) is 0 Å². The molecule has 2 nitrogen and oxygen atoms in total. The van der Waals surface area contributed by atoms with Gasteiger partial charge in [0.2, 0.25) is 0 Å². The standard InChI is InChI=1S/CHNO.Tl/c2-1-3;/h3H;. The maximum atomic E-state index is 6.88. The van der Waals surface area contributed by atoms with Gasteiger partial charge in [-0.25, -0.2) is 0 Å². The summed E-state index contributed by atoms with van der Waals surface area (Å²) in [5.74, 6) is 0. The minimum atomic E-state index is 0. The second kappa shape index (κ2) is 10.7. The van der Waals surface area contributed by atoms with Crippen molar-refractivity contribution in [1.29, 1.82) is 5.26 Å². The number of rotatable bonds is 0. The Morgan fingerprint density at radius 1 is 1.75 bits per heavy atom. The van der Waals surface area contributed by atoms with Gasteiger partial charge in [-0.05, 0) is 0 Å². The van der Waals surface area contributed by atoms with E-state index in [9.17, 15) is 0 Å². The molecule has 0 rings (SSSR count). The molecule has 0 aliphatic heterocycles. The second-order valence-electron chi connectivity index (χ2n) is 0.100. The van der Waals surface area contributed by atoms with Crippen LogP contribution in [-0.4, -0.2) is 32.4 Å². The van der Waals surface area contributed by atoms with E-state index in [1.807, 2.05) is 0 Å². The van der Waals surface area contributed by atoms with Crippen LogP contribution in [0.2, 0.25) is 0 Å². The Morgan fingerprint density at radius 3 is 1.75 bits per heavy atom. The van der Waals surface area contributed by atoms with Gasteiger partial charge >= 0.3 is 0 Å². The first-order valence-corrected chi connectivity index (χ1v) is 0.447. The Morgan fingerprint density at radius 2 is 1.75 bits per heavy atom. The molecule has 0 unspecified atom stereocenters. The van der Waals surface area contributed by atoms with E-state index in [1.54, 1.807) is 0 Å². The Bertz CT molecular complexity index is 29.5. The molecule has 0 aromatic carbocycles. The molecule has 1 N–H and O–H groups in total. The van der Waals surface area contributed by atoms with Crippen molar-refractivity contribution in [1.82, 2.24) is 0 Å². The predicted octanol–water partition coefficient (Wildman–Crippen LogP) is -0.541. The molecular formula is CHNOTl. The van der Waals surface area contributed by atoms with E-state index >= 15 is 0 Å². The number of nitrogens with zero attached hydrogens (tertiary/aromatic N) is 1. The molecule has 0 aromatic rings. The molecule has 0 saturated heterocycles. The van der Waals surface area contributed by atoms with Crippen molar-refractivity contribution in [3.63, 3.8) is 0 Å². The van der Waals surface area contributed by atoms with E-state index in [2.05, 4.69) is 0 Å². The molecule has 0 saturated carbocycles. The molecule has 0 heterocycles. The monoisotopic (exact) mass is 248 g/mol. The van der Waals surface area contributed by atoms with Crippen LogP contribution in [-0.2, 0) is 0 Å². The predicted molar refractivity (Wildman–Crippen MR) is 13.3 cm³/mol. The fourth-order valence-corrected chi connectivity index (χ4v) is 0. The van der Waals surface area contributed by atoms with Crippen LogP contribution in [0.5, 0.6) is 0 Å². The molecule has 4 heavy (non-hydrogen) atoms. The molecule has 0 aromatic heterocycles. The van der Waals surface area contributed by atoms with Crippen LogP contribution < -0.4 is 0 Å². The summed E-state index contributed by atoms with van der Waals surface area (Å²) in [5.41, 5.74) is 0. The van der Waals surface area contributed by atoms with Gasteiger partial charge in [-0.3, -0.25) is 0 Å². The van der Waals surface area contributed by atoms with Crippen molar-refractivity contribution in [2.75, 3.05) is 0 Å². The number of aliphatic hydroxyl groups excluding tert-OH is 1. The topological polar surface area (TPSA) is 44.0 Å². The van der Waals surface area contributed by atoms with Crippen LogP contribution in [0.25, 0.3) is 0 Å². The van der Waals surface area contributed by atoms with Crippen LogP contribution >= 0.6 is 0 Å². The molecule has 19 valence electrons. The van der Waals surface area contributed by atoms with Gasteiger partial charge in [0, 0.05) is 27.3 Å². The molecule has 0 fully saturated rings. The van der Waals surface area contributed by atoms with Gasteiger partial charge in [0.25, 0.3) is 6.26 Å². The zero-order chi connectivity index (χ0) is 2.71. The Balaban J connectivity index is 0. The van der Waals surface area contributed by atoms with Crippen molar-refractivity contribution in [2.45, 2.75) is 0 Å². The molecule has 0 spiro atoms. The zero-order valence-corrected chi connectivity index (χ0v) is 6.46. The summed E-state index contributed by atoms with van der Waals surface area (Å²) in [6.07, 6.45) is 0.750. The van der Waals surface area contributed by atoms with Crippen LogP contribution in [0.4, 0.5) is 0 Å². The largest absolute Gasteiger partial charge is 0.443 e. The third kappa shape index (κ3) is 72.3. The maximum absolute atomic E-state index is 6.88. The number of hydrogen-bond acceptors (Lipinski definition) is 2. The number of hydrogen-bond donors (Lipinski definition) is 1. The molecule has 0 bridgehead atoms. The van der Waals surface area contributed by atoms with Crippen LogP contribution in [0, 0.1) is 11.5 Å².